The van der Waals surface area contributed by atoms with Crippen LogP contribution in [0.25, 0.3) is 0 Å². The zero-order chi connectivity index (χ0) is 11.8. The highest BCUT2D eigenvalue weighted by Crippen LogP contribution is 2.43. The zero-order valence-electron chi connectivity index (χ0n) is 10.1. The SMILES string of the molecule is CCC(C)c1ccc(C(O)C2(N)CC2)cc1. The van der Waals surface area contributed by atoms with Gasteiger partial charge in [0.2, 0.25) is 0 Å². The molecule has 0 aromatic heterocycles. The number of benzene rings is 1. The van der Waals surface area contributed by atoms with Crippen LogP contribution in [0.4, 0.5) is 0 Å². The van der Waals surface area contributed by atoms with Gasteiger partial charge in [-0.1, -0.05) is 38.1 Å². The van der Waals surface area contributed by atoms with E-state index in [1.807, 2.05) is 12.1 Å². The quantitative estimate of drug-likeness (QED) is 0.818. The summed E-state index contributed by atoms with van der Waals surface area (Å²) >= 11 is 0. The van der Waals surface area contributed by atoms with Crippen molar-refractivity contribution in [1.29, 1.82) is 0 Å². The molecule has 2 rings (SSSR count). The molecule has 16 heavy (non-hydrogen) atoms. The van der Waals surface area contributed by atoms with Crippen molar-refractivity contribution in [3.05, 3.63) is 35.4 Å². The second-order valence-electron chi connectivity index (χ2n) is 5.11. The van der Waals surface area contributed by atoms with E-state index in [1.54, 1.807) is 0 Å². The highest BCUT2D eigenvalue weighted by molar-refractivity contribution is 5.29. The average Bonchev–Trinajstić information content (AvgIpc) is 3.07. The summed E-state index contributed by atoms with van der Waals surface area (Å²) in [5.74, 6) is 0.582. The lowest BCUT2D eigenvalue weighted by molar-refractivity contribution is 0.136. The molecule has 1 aliphatic carbocycles. The summed E-state index contributed by atoms with van der Waals surface area (Å²) in [6.45, 7) is 4.41. The average molecular weight is 219 g/mol. The maximum Gasteiger partial charge on any atom is 0.0969 e. The summed E-state index contributed by atoms with van der Waals surface area (Å²) < 4.78 is 0. The Labute approximate surface area is 97.5 Å². The van der Waals surface area contributed by atoms with E-state index in [0.29, 0.717) is 5.92 Å². The van der Waals surface area contributed by atoms with Crippen molar-refractivity contribution in [3.8, 4) is 0 Å². The largest absolute Gasteiger partial charge is 0.386 e. The van der Waals surface area contributed by atoms with E-state index in [-0.39, 0.29) is 5.54 Å². The predicted octanol–water partition coefficient (Wildman–Crippen LogP) is 2.72. The van der Waals surface area contributed by atoms with Crippen LogP contribution < -0.4 is 5.73 Å². The molecule has 1 aromatic carbocycles. The standard InChI is InChI=1S/C14H21NO/c1-3-10(2)11-4-6-12(7-5-11)13(16)14(15)8-9-14/h4-7,10,13,16H,3,8-9,15H2,1-2H3. The molecule has 1 aliphatic rings. The van der Waals surface area contributed by atoms with E-state index in [2.05, 4.69) is 26.0 Å². The van der Waals surface area contributed by atoms with E-state index < -0.39 is 6.10 Å². The molecule has 2 atom stereocenters. The lowest BCUT2D eigenvalue weighted by atomic mass is 9.94. The third-order valence-corrected chi connectivity index (χ3v) is 3.81. The first-order chi connectivity index (χ1) is 7.57. The molecule has 3 N–H and O–H groups in total. The third kappa shape index (κ3) is 2.13. The van der Waals surface area contributed by atoms with Crippen molar-refractivity contribution in [2.75, 3.05) is 0 Å². The van der Waals surface area contributed by atoms with Crippen molar-refractivity contribution in [2.45, 2.75) is 50.7 Å². The summed E-state index contributed by atoms with van der Waals surface area (Å²) in [6.07, 6.45) is 2.50. The molecule has 0 heterocycles. The van der Waals surface area contributed by atoms with E-state index in [9.17, 15) is 5.11 Å². The Morgan fingerprint density at radius 3 is 2.19 bits per heavy atom. The van der Waals surface area contributed by atoms with Gasteiger partial charge in [-0.15, -0.1) is 0 Å². The first-order valence-corrected chi connectivity index (χ1v) is 6.13. The molecule has 1 aromatic rings. The van der Waals surface area contributed by atoms with Crippen LogP contribution in [0.5, 0.6) is 0 Å². The van der Waals surface area contributed by atoms with Crippen LogP contribution in [0.2, 0.25) is 0 Å². The van der Waals surface area contributed by atoms with Gasteiger partial charge in [-0.2, -0.15) is 0 Å². The van der Waals surface area contributed by atoms with Gasteiger partial charge in [0.15, 0.2) is 0 Å². The Kier molecular flexibility index (Phi) is 3.04. The zero-order valence-corrected chi connectivity index (χ0v) is 10.1. The summed E-state index contributed by atoms with van der Waals surface area (Å²) in [6, 6.07) is 8.25. The fourth-order valence-corrected chi connectivity index (χ4v) is 1.99. The first kappa shape index (κ1) is 11.6. The number of rotatable bonds is 4. The minimum atomic E-state index is -0.501. The first-order valence-electron chi connectivity index (χ1n) is 6.13. The van der Waals surface area contributed by atoms with Gasteiger partial charge in [0.05, 0.1) is 6.10 Å². The Morgan fingerprint density at radius 2 is 1.75 bits per heavy atom. The molecule has 2 heteroatoms. The van der Waals surface area contributed by atoms with Crippen molar-refractivity contribution in [3.63, 3.8) is 0 Å². The molecular formula is C14H21NO. The highest BCUT2D eigenvalue weighted by atomic mass is 16.3. The molecule has 0 amide bonds. The number of nitrogens with two attached hydrogens (primary N) is 1. The monoisotopic (exact) mass is 219 g/mol. The molecule has 0 aliphatic heterocycles. The van der Waals surface area contributed by atoms with E-state index in [1.165, 1.54) is 5.56 Å². The minimum Gasteiger partial charge on any atom is -0.386 e. The minimum absolute atomic E-state index is 0.349. The number of hydrogen-bond acceptors (Lipinski definition) is 2. The normalized spacial score (nSPS) is 21.5. The molecule has 88 valence electrons. The fraction of sp³-hybridized carbons (Fsp3) is 0.571. The Bertz CT molecular complexity index is 354. The van der Waals surface area contributed by atoms with Crippen LogP contribution in [-0.2, 0) is 0 Å². The molecule has 0 bridgehead atoms. The Hall–Kier alpha value is -0.860. The van der Waals surface area contributed by atoms with Crippen molar-refractivity contribution >= 4 is 0 Å². The second kappa shape index (κ2) is 4.19. The predicted molar refractivity (Wildman–Crippen MR) is 66.3 cm³/mol. The second-order valence-corrected chi connectivity index (χ2v) is 5.11. The van der Waals surface area contributed by atoms with Gasteiger partial charge >= 0.3 is 0 Å². The van der Waals surface area contributed by atoms with Gasteiger partial charge in [-0.3, -0.25) is 0 Å². The van der Waals surface area contributed by atoms with Gasteiger partial charge in [0.1, 0.15) is 0 Å². The topological polar surface area (TPSA) is 46.2 Å². The lowest BCUT2D eigenvalue weighted by Gasteiger charge is -2.18. The van der Waals surface area contributed by atoms with Crippen molar-refractivity contribution in [2.24, 2.45) is 5.73 Å². The molecular weight excluding hydrogens is 198 g/mol. The van der Waals surface area contributed by atoms with Crippen LogP contribution in [0.15, 0.2) is 24.3 Å². The van der Waals surface area contributed by atoms with Crippen LogP contribution in [0.1, 0.15) is 56.3 Å². The fourth-order valence-electron chi connectivity index (χ4n) is 1.99. The summed E-state index contributed by atoms with van der Waals surface area (Å²) in [5, 5.41) is 10.1. The third-order valence-electron chi connectivity index (χ3n) is 3.81. The van der Waals surface area contributed by atoms with Gasteiger partial charge in [0.25, 0.3) is 0 Å². The Morgan fingerprint density at radius 1 is 1.25 bits per heavy atom. The summed E-state index contributed by atoms with van der Waals surface area (Å²) in [4.78, 5) is 0. The van der Waals surface area contributed by atoms with Gasteiger partial charge in [0, 0.05) is 5.54 Å². The van der Waals surface area contributed by atoms with E-state index >= 15 is 0 Å². The Balaban J connectivity index is 2.13. The summed E-state index contributed by atoms with van der Waals surface area (Å²) in [7, 11) is 0. The van der Waals surface area contributed by atoms with Gasteiger partial charge in [-0.25, -0.2) is 0 Å². The maximum absolute atomic E-state index is 10.1. The van der Waals surface area contributed by atoms with Crippen LogP contribution in [0, 0.1) is 0 Å². The number of aliphatic hydroxyl groups is 1. The maximum atomic E-state index is 10.1. The van der Waals surface area contributed by atoms with E-state index in [0.717, 1.165) is 24.8 Å². The smallest absolute Gasteiger partial charge is 0.0969 e. The highest BCUT2D eigenvalue weighted by Gasteiger charge is 2.45. The van der Waals surface area contributed by atoms with Crippen molar-refractivity contribution in [1.82, 2.24) is 0 Å². The molecule has 0 spiro atoms. The van der Waals surface area contributed by atoms with Gasteiger partial charge < -0.3 is 10.8 Å². The van der Waals surface area contributed by atoms with Crippen LogP contribution in [0.3, 0.4) is 0 Å². The number of aliphatic hydroxyl groups excluding tert-OH is 1. The van der Waals surface area contributed by atoms with Crippen molar-refractivity contribution < 1.29 is 5.11 Å². The summed E-state index contributed by atoms with van der Waals surface area (Å²) in [5.41, 5.74) is 7.93. The molecule has 0 saturated heterocycles. The molecule has 1 fully saturated rings. The lowest BCUT2D eigenvalue weighted by Crippen LogP contribution is -2.30. The van der Waals surface area contributed by atoms with Gasteiger partial charge in [-0.05, 0) is 36.3 Å². The van der Waals surface area contributed by atoms with Crippen LogP contribution >= 0.6 is 0 Å². The number of hydrogen-bond donors (Lipinski definition) is 2. The van der Waals surface area contributed by atoms with E-state index in [4.69, 9.17) is 5.73 Å². The molecule has 0 radical (unpaired) electrons. The molecule has 2 nitrogen and oxygen atoms in total. The molecule has 1 saturated carbocycles. The molecule has 2 unspecified atom stereocenters. The van der Waals surface area contributed by atoms with Crippen LogP contribution in [-0.4, -0.2) is 10.6 Å².